The molecule has 3 unspecified atom stereocenters. The van der Waals surface area contributed by atoms with Crippen molar-refractivity contribution in [2.75, 3.05) is 33.2 Å². The molecule has 0 radical (unpaired) electrons. The molecule has 21 heteroatoms. The molecule has 2 aliphatic rings. The highest BCUT2D eigenvalue weighted by Crippen LogP contribution is 2.49. The van der Waals surface area contributed by atoms with Gasteiger partial charge in [0.1, 0.15) is 48.8 Å². The number of nitrogen functional groups attached to an aromatic ring is 1. The molecule has 0 aliphatic carbocycles. The average Bonchev–Trinajstić information content (AvgIpc) is 3.60. The molecule has 9 atom stereocenters. The highest BCUT2D eigenvalue weighted by atomic mass is 31.2. The van der Waals surface area contributed by atoms with Gasteiger partial charge in [-0.2, -0.15) is 4.98 Å². The number of nitrogens with zero attached hydrogens (tertiary/aromatic N) is 6. The van der Waals surface area contributed by atoms with E-state index in [0.29, 0.717) is 5.82 Å². The Morgan fingerprint density at radius 2 is 1.71 bits per heavy atom. The summed E-state index contributed by atoms with van der Waals surface area (Å²) >= 11 is 0. The summed E-state index contributed by atoms with van der Waals surface area (Å²) in [4.78, 5) is 53.2. The Hall–Kier alpha value is -3.17. The topological polar surface area (TPSA) is 271 Å². The number of aromatic nitrogens is 7. The Balaban J connectivity index is 1.30. The maximum absolute atomic E-state index is 13.0. The number of aromatic amines is 1. The molecule has 5 heterocycles. The summed E-state index contributed by atoms with van der Waals surface area (Å²) in [6.07, 6.45) is -7.30. The minimum atomic E-state index is -4.94. The Kier molecular flexibility index (Phi) is 8.54. The van der Waals surface area contributed by atoms with Crippen LogP contribution in [0.4, 0.5) is 5.95 Å². The lowest BCUT2D eigenvalue weighted by atomic mass is 10.1. The minimum Gasteiger partial charge on any atom is -0.394 e. The van der Waals surface area contributed by atoms with E-state index in [4.69, 9.17) is 33.7 Å². The fourth-order valence-electron chi connectivity index (χ4n) is 4.90. The van der Waals surface area contributed by atoms with Crippen LogP contribution in [0.5, 0.6) is 0 Å². The summed E-state index contributed by atoms with van der Waals surface area (Å²) in [5.41, 5.74) is 4.33. The van der Waals surface area contributed by atoms with E-state index in [1.165, 1.54) is 25.1 Å². The van der Waals surface area contributed by atoms with Crippen molar-refractivity contribution in [1.82, 2.24) is 34.1 Å². The third-order valence-corrected chi connectivity index (χ3v) is 7.81. The minimum absolute atomic E-state index is 0.0394. The van der Waals surface area contributed by atoms with Crippen LogP contribution in [0.2, 0.25) is 0 Å². The Bertz CT molecular complexity index is 1600. The number of phosphoric ester groups is 1. The summed E-state index contributed by atoms with van der Waals surface area (Å²) in [6, 6.07) is 0. The van der Waals surface area contributed by atoms with Gasteiger partial charge in [-0.15, -0.1) is 0 Å². The molecule has 3 aromatic heterocycles. The first kappa shape index (κ1) is 30.3. The molecular weight excluding hydrogens is 587 g/mol. The van der Waals surface area contributed by atoms with Crippen LogP contribution < -0.4 is 17.0 Å². The monoisotopic (exact) mass is 616 g/mol. The second-order valence-corrected chi connectivity index (χ2v) is 10.8. The summed E-state index contributed by atoms with van der Waals surface area (Å²) < 4.78 is 48.1. The molecule has 2 fully saturated rings. The highest BCUT2D eigenvalue weighted by Gasteiger charge is 2.51. The molecular formula is C21H29N8O12P. The fraction of sp³-hybridized carbons (Fsp3) is 0.619. The van der Waals surface area contributed by atoms with Gasteiger partial charge in [0, 0.05) is 14.2 Å². The molecule has 6 N–H and O–H groups in total. The number of ether oxygens (including phenoxy) is 4. The summed E-state index contributed by atoms with van der Waals surface area (Å²) in [6.45, 7) is 0.262. The standard InChI is InChI=1S/C21H29N8O12P/c1-8-25-16-11(17(32)26-8)23-6-28(16)18-14(36-2)12(31)10(40-18)5-38-42(34,35)41-13-9(4-30)39-19(15(13)37-3)29-7-24-20(22)27-21(29)33/h6-7,9-10,12-15,18-19,30-31H,4-5H2,1-3H3,(H,34,35)(H2,22,27,33)(H,25,26,32)/t9-,10-,12?,13?,14+,15+,18-,19-/m1/s1. The molecule has 0 amide bonds. The number of anilines is 1. The van der Waals surface area contributed by atoms with Crippen LogP contribution in [0.15, 0.2) is 22.2 Å². The zero-order valence-corrected chi connectivity index (χ0v) is 23.3. The maximum Gasteiger partial charge on any atom is 0.472 e. The van der Waals surface area contributed by atoms with Gasteiger partial charge in [-0.1, -0.05) is 0 Å². The van der Waals surface area contributed by atoms with Crippen molar-refractivity contribution >= 4 is 24.9 Å². The lowest BCUT2D eigenvalue weighted by Gasteiger charge is -2.25. The van der Waals surface area contributed by atoms with Gasteiger partial charge >= 0.3 is 13.5 Å². The quantitative estimate of drug-likeness (QED) is 0.145. The van der Waals surface area contributed by atoms with Crippen LogP contribution in [0.25, 0.3) is 11.2 Å². The first-order valence-corrected chi connectivity index (χ1v) is 13.9. The highest BCUT2D eigenvalue weighted by molar-refractivity contribution is 7.47. The van der Waals surface area contributed by atoms with Gasteiger partial charge in [-0.05, 0) is 6.92 Å². The number of fused-ring (bicyclic) bond motifs is 1. The number of hydrogen-bond donors (Lipinski definition) is 5. The number of aryl methyl sites for hydroxylation is 1. The van der Waals surface area contributed by atoms with Gasteiger partial charge in [0.05, 0.1) is 19.5 Å². The van der Waals surface area contributed by atoms with Crippen molar-refractivity contribution in [2.45, 2.75) is 56.0 Å². The Labute approximate surface area is 235 Å². The number of aliphatic hydroxyl groups is 2. The summed E-state index contributed by atoms with van der Waals surface area (Å²) in [5, 5.41) is 20.7. The van der Waals surface area contributed by atoms with Crippen molar-refractivity contribution in [2.24, 2.45) is 0 Å². The van der Waals surface area contributed by atoms with E-state index in [-0.39, 0.29) is 17.1 Å². The van der Waals surface area contributed by atoms with Crippen LogP contribution in [0, 0.1) is 6.92 Å². The van der Waals surface area contributed by atoms with E-state index in [9.17, 15) is 29.3 Å². The van der Waals surface area contributed by atoms with E-state index in [1.54, 1.807) is 6.92 Å². The van der Waals surface area contributed by atoms with E-state index >= 15 is 0 Å². The summed E-state index contributed by atoms with van der Waals surface area (Å²) in [7, 11) is -2.38. The van der Waals surface area contributed by atoms with Gasteiger partial charge in [-0.25, -0.2) is 24.3 Å². The summed E-state index contributed by atoms with van der Waals surface area (Å²) in [5.74, 6) is 0.0426. The second-order valence-electron chi connectivity index (χ2n) is 9.42. The molecule has 42 heavy (non-hydrogen) atoms. The molecule has 0 saturated carbocycles. The van der Waals surface area contributed by atoms with Crippen LogP contribution in [0.3, 0.4) is 0 Å². The number of nitrogens with one attached hydrogen (secondary N) is 1. The lowest BCUT2D eigenvalue weighted by molar-refractivity contribution is -0.0630. The zero-order valence-electron chi connectivity index (χ0n) is 22.4. The smallest absolute Gasteiger partial charge is 0.394 e. The van der Waals surface area contributed by atoms with Crippen molar-refractivity contribution in [3.05, 3.63) is 39.3 Å². The van der Waals surface area contributed by atoms with Crippen LogP contribution in [0.1, 0.15) is 18.3 Å². The average molecular weight is 616 g/mol. The number of aliphatic hydroxyl groups excluding tert-OH is 2. The predicted octanol–water partition coefficient (Wildman–Crippen LogP) is -2.66. The SMILES string of the molecule is CO[C@H]1C(OP(=O)(O)OC[C@H]2O[C@@H](n3cnc4c(=O)[nH]c(C)nc43)[C@@H](OC)C2O)[C@@H](CO)O[C@H]1n1cnc(N)nc1=O. The molecule has 2 aliphatic heterocycles. The van der Waals surface area contributed by atoms with Gasteiger partial charge in [0.25, 0.3) is 5.56 Å². The predicted molar refractivity (Wildman–Crippen MR) is 137 cm³/mol. The van der Waals surface area contributed by atoms with E-state index in [2.05, 4.69) is 24.9 Å². The number of imidazole rings is 1. The maximum atomic E-state index is 13.0. The number of rotatable bonds is 10. The number of nitrogens with two attached hydrogens (primary N) is 1. The molecule has 0 aromatic carbocycles. The Morgan fingerprint density at radius 3 is 2.38 bits per heavy atom. The van der Waals surface area contributed by atoms with E-state index in [1.807, 2.05) is 0 Å². The van der Waals surface area contributed by atoms with Crippen molar-refractivity contribution in [1.29, 1.82) is 0 Å². The van der Waals surface area contributed by atoms with Gasteiger partial charge in [0.2, 0.25) is 5.95 Å². The second kappa shape index (κ2) is 11.8. The Morgan fingerprint density at radius 1 is 1.05 bits per heavy atom. The van der Waals surface area contributed by atoms with Gasteiger partial charge < -0.3 is 44.8 Å². The first-order valence-electron chi connectivity index (χ1n) is 12.4. The molecule has 230 valence electrons. The number of methoxy groups -OCH3 is 2. The normalized spacial score (nSPS) is 31.1. The van der Waals surface area contributed by atoms with E-state index in [0.717, 1.165) is 10.9 Å². The van der Waals surface area contributed by atoms with Crippen molar-refractivity contribution < 1.29 is 47.7 Å². The van der Waals surface area contributed by atoms with Crippen molar-refractivity contribution in [3.63, 3.8) is 0 Å². The molecule has 3 aromatic rings. The zero-order chi connectivity index (χ0) is 30.3. The lowest BCUT2D eigenvalue weighted by Crippen LogP contribution is -2.39. The molecule has 0 spiro atoms. The van der Waals surface area contributed by atoms with Gasteiger partial charge in [0.15, 0.2) is 23.6 Å². The first-order chi connectivity index (χ1) is 20.0. The fourth-order valence-corrected chi connectivity index (χ4v) is 5.86. The van der Waals surface area contributed by atoms with E-state index < -0.39 is 81.4 Å². The third-order valence-electron chi connectivity index (χ3n) is 6.82. The molecule has 20 nitrogen and oxygen atoms in total. The third kappa shape index (κ3) is 5.61. The molecule has 5 rings (SSSR count). The van der Waals surface area contributed by atoms with Crippen molar-refractivity contribution in [3.8, 4) is 0 Å². The largest absolute Gasteiger partial charge is 0.472 e. The van der Waals surface area contributed by atoms with Crippen LogP contribution in [-0.2, 0) is 32.6 Å². The van der Waals surface area contributed by atoms with Crippen LogP contribution >= 0.6 is 7.82 Å². The number of hydrogen-bond acceptors (Lipinski definition) is 16. The number of H-pyrrole nitrogens is 1. The molecule has 0 bridgehead atoms. The number of phosphoric acid groups is 1. The van der Waals surface area contributed by atoms with Gasteiger partial charge in [-0.3, -0.25) is 23.0 Å². The molecule has 2 saturated heterocycles. The van der Waals surface area contributed by atoms with Crippen LogP contribution in [-0.4, -0.2) is 113 Å².